The Morgan fingerprint density at radius 3 is 2.78 bits per heavy atom. The fourth-order valence-electron chi connectivity index (χ4n) is 3.80. The zero-order valence-electron chi connectivity index (χ0n) is 13.2. The summed E-state index contributed by atoms with van der Waals surface area (Å²) in [5.41, 5.74) is 3.23. The molecule has 5 nitrogen and oxygen atoms in total. The Bertz CT molecular complexity index is 675. The maximum Gasteiger partial charge on any atom is 0.318 e. The Balaban J connectivity index is 1.63. The van der Waals surface area contributed by atoms with Gasteiger partial charge in [0.25, 0.3) is 0 Å². The van der Waals surface area contributed by atoms with Gasteiger partial charge in [0.05, 0.1) is 12.0 Å². The molecule has 1 unspecified atom stereocenters. The van der Waals surface area contributed by atoms with E-state index in [1.165, 1.54) is 12.8 Å². The van der Waals surface area contributed by atoms with Crippen LogP contribution in [0.4, 0.5) is 4.79 Å². The molecule has 1 fully saturated rings. The van der Waals surface area contributed by atoms with Gasteiger partial charge >= 0.3 is 6.03 Å². The first-order chi connectivity index (χ1) is 11.3. The topological polar surface area (TPSA) is 61.0 Å². The number of fused-ring (bicyclic) bond motifs is 1. The predicted molar refractivity (Wildman–Crippen MR) is 88.1 cm³/mol. The molecule has 1 atom stereocenters. The van der Waals surface area contributed by atoms with Crippen molar-refractivity contribution in [3.8, 4) is 0 Å². The number of H-pyrrole nitrogens is 1. The quantitative estimate of drug-likeness (QED) is 0.895. The van der Waals surface area contributed by atoms with Crippen molar-refractivity contribution in [3.63, 3.8) is 0 Å². The molecule has 120 valence electrons. The van der Waals surface area contributed by atoms with E-state index in [0.717, 1.165) is 36.2 Å². The van der Waals surface area contributed by atoms with E-state index in [2.05, 4.69) is 27.4 Å². The number of rotatable bonds is 2. The first-order valence-corrected chi connectivity index (χ1v) is 8.47. The number of aromatic nitrogens is 2. The van der Waals surface area contributed by atoms with Crippen molar-refractivity contribution in [1.29, 1.82) is 0 Å². The number of carbonyl (C=O) groups is 1. The van der Waals surface area contributed by atoms with Crippen molar-refractivity contribution in [1.82, 2.24) is 20.2 Å². The van der Waals surface area contributed by atoms with Crippen LogP contribution in [0, 0.1) is 0 Å². The standard InChI is InChI=1S/C18H22N4O/c23-18(21-14-8-4-5-9-14)22-11-10-15-16(20-12-19-15)17(22)13-6-2-1-3-7-13/h1-3,6-7,12,14,17H,4-5,8-11H2,(H,19,20)(H,21,23). The van der Waals surface area contributed by atoms with Gasteiger partial charge in [-0.15, -0.1) is 0 Å². The highest BCUT2D eigenvalue weighted by Gasteiger charge is 2.34. The molecule has 1 aliphatic carbocycles. The van der Waals surface area contributed by atoms with Crippen LogP contribution in [0.25, 0.3) is 0 Å². The summed E-state index contributed by atoms with van der Waals surface area (Å²) in [5, 5.41) is 3.22. The van der Waals surface area contributed by atoms with E-state index in [1.807, 2.05) is 23.1 Å². The third-order valence-electron chi connectivity index (χ3n) is 4.98. The maximum absolute atomic E-state index is 12.8. The number of carbonyl (C=O) groups excluding carboxylic acids is 1. The highest BCUT2D eigenvalue weighted by molar-refractivity contribution is 5.76. The van der Waals surface area contributed by atoms with Crippen LogP contribution in [0.2, 0.25) is 0 Å². The molecule has 1 aromatic heterocycles. The van der Waals surface area contributed by atoms with E-state index < -0.39 is 0 Å². The molecule has 1 aliphatic heterocycles. The highest BCUT2D eigenvalue weighted by Crippen LogP contribution is 2.33. The van der Waals surface area contributed by atoms with Gasteiger partial charge in [0, 0.05) is 24.7 Å². The van der Waals surface area contributed by atoms with Crippen LogP contribution in [-0.2, 0) is 6.42 Å². The molecule has 2 amide bonds. The lowest BCUT2D eigenvalue weighted by molar-refractivity contribution is 0.175. The van der Waals surface area contributed by atoms with Gasteiger partial charge in [0.1, 0.15) is 6.04 Å². The SMILES string of the molecule is O=C(NC1CCCC1)N1CCc2[nH]cnc2C1c1ccccc1. The molecule has 2 aliphatic rings. The second-order valence-corrected chi connectivity index (χ2v) is 6.45. The van der Waals surface area contributed by atoms with Crippen LogP contribution < -0.4 is 5.32 Å². The molecule has 1 saturated carbocycles. The summed E-state index contributed by atoms with van der Waals surface area (Å²) in [6, 6.07) is 10.5. The number of amides is 2. The van der Waals surface area contributed by atoms with Gasteiger partial charge in [0.15, 0.2) is 0 Å². The van der Waals surface area contributed by atoms with Crippen LogP contribution >= 0.6 is 0 Å². The Labute approximate surface area is 136 Å². The molecule has 23 heavy (non-hydrogen) atoms. The monoisotopic (exact) mass is 310 g/mol. The first kappa shape index (κ1) is 14.3. The van der Waals surface area contributed by atoms with Gasteiger partial charge in [0.2, 0.25) is 0 Å². The van der Waals surface area contributed by atoms with E-state index in [4.69, 9.17) is 0 Å². The molecular weight excluding hydrogens is 288 g/mol. The zero-order chi connectivity index (χ0) is 15.6. The lowest BCUT2D eigenvalue weighted by Gasteiger charge is -2.36. The lowest BCUT2D eigenvalue weighted by atomic mass is 9.96. The number of hydrogen-bond donors (Lipinski definition) is 2. The van der Waals surface area contributed by atoms with Crippen LogP contribution in [0.5, 0.6) is 0 Å². The molecule has 0 spiro atoms. The van der Waals surface area contributed by atoms with E-state index in [1.54, 1.807) is 6.33 Å². The summed E-state index contributed by atoms with van der Waals surface area (Å²) in [4.78, 5) is 22.5. The van der Waals surface area contributed by atoms with Gasteiger partial charge in [-0.2, -0.15) is 0 Å². The Hall–Kier alpha value is -2.30. The number of aromatic amines is 1. The molecule has 5 heteroatoms. The molecule has 0 saturated heterocycles. The predicted octanol–water partition coefficient (Wildman–Crippen LogP) is 3.01. The van der Waals surface area contributed by atoms with Gasteiger partial charge in [-0.1, -0.05) is 43.2 Å². The van der Waals surface area contributed by atoms with Gasteiger partial charge in [-0.3, -0.25) is 0 Å². The Morgan fingerprint density at radius 1 is 1.22 bits per heavy atom. The third kappa shape index (κ3) is 2.71. The number of nitrogens with zero attached hydrogens (tertiary/aromatic N) is 2. The van der Waals surface area contributed by atoms with E-state index in [9.17, 15) is 4.79 Å². The summed E-state index contributed by atoms with van der Waals surface area (Å²) >= 11 is 0. The second-order valence-electron chi connectivity index (χ2n) is 6.45. The minimum Gasteiger partial charge on any atom is -0.348 e. The molecule has 0 bridgehead atoms. The van der Waals surface area contributed by atoms with Crippen molar-refractivity contribution in [3.05, 3.63) is 53.6 Å². The summed E-state index contributed by atoms with van der Waals surface area (Å²) in [6.45, 7) is 0.716. The summed E-state index contributed by atoms with van der Waals surface area (Å²) in [5.74, 6) is 0. The third-order valence-corrected chi connectivity index (χ3v) is 4.98. The maximum atomic E-state index is 12.8. The van der Waals surface area contributed by atoms with Crippen molar-refractivity contribution in [2.45, 2.75) is 44.2 Å². The number of urea groups is 1. The zero-order valence-corrected chi connectivity index (χ0v) is 13.2. The number of nitrogens with one attached hydrogen (secondary N) is 2. The molecule has 1 aromatic carbocycles. The molecule has 2 aromatic rings. The second kappa shape index (κ2) is 6.07. The Kier molecular flexibility index (Phi) is 3.77. The fraction of sp³-hybridized carbons (Fsp3) is 0.444. The Morgan fingerprint density at radius 2 is 2.00 bits per heavy atom. The molecular formula is C18H22N4O. The highest BCUT2D eigenvalue weighted by atomic mass is 16.2. The number of imidazole rings is 1. The average Bonchev–Trinajstić information content (AvgIpc) is 3.25. The smallest absolute Gasteiger partial charge is 0.318 e. The van der Waals surface area contributed by atoms with Gasteiger partial charge in [-0.05, 0) is 18.4 Å². The average molecular weight is 310 g/mol. The van der Waals surface area contributed by atoms with Gasteiger partial charge in [-0.25, -0.2) is 9.78 Å². The molecule has 0 radical (unpaired) electrons. The van der Waals surface area contributed by atoms with Crippen molar-refractivity contribution >= 4 is 6.03 Å². The summed E-state index contributed by atoms with van der Waals surface area (Å²) in [6.07, 6.45) is 7.20. The van der Waals surface area contributed by atoms with Crippen molar-refractivity contribution < 1.29 is 4.79 Å². The van der Waals surface area contributed by atoms with Crippen LogP contribution in [0.15, 0.2) is 36.7 Å². The van der Waals surface area contributed by atoms with Gasteiger partial charge < -0.3 is 15.2 Å². The minimum atomic E-state index is -0.104. The molecule has 2 N–H and O–H groups in total. The van der Waals surface area contributed by atoms with Crippen molar-refractivity contribution in [2.24, 2.45) is 0 Å². The lowest BCUT2D eigenvalue weighted by Crippen LogP contribution is -2.48. The summed E-state index contributed by atoms with van der Waals surface area (Å²) < 4.78 is 0. The molecule has 4 rings (SSSR count). The largest absolute Gasteiger partial charge is 0.348 e. The van der Waals surface area contributed by atoms with Crippen LogP contribution in [0.3, 0.4) is 0 Å². The van der Waals surface area contributed by atoms with Crippen molar-refractivity contribution in [2.75, 3.05) is 6.54 Å². The van der Waals surface area contributed by atoms with Crippen LogP contribution in [0.1, 0.15) is 48.7 Å². The first-order valence-electron chi connectivity index (χ1n) is 8.47. The molecule has 2 heterocycles. The summed E-state index contributed by atoms with van der Waals surface area (Å²) in [7, 11) is 0. The van der Waals surface area contributed by atoms with E-state index in [0.29, 0.717) is 12.6 Å². The van der Waals surface area contributed by atoms with E-state index >= 15 is 0 Å². The minimum absolute atomic E-state index is 0.0411. The number of hydrogen-bond acceptors (Lipinski definition) is 2. The van der Waals surface area contributed by atoms with E-state index in [-0.39, 0.29) is 12.1 Å². The van der Waals surface area contributed by atoms with Crippen LogP contribution in [-0.4, -0.2) is 33.5 Å². The fourth-order valence-corrected chi connectivity index (χ4v) is 3.80. The normalized spacial score (nSPS) is 21.2. The number of benzene rings is 1.